The molecule has 0 fully saturated rings. The van der Waals surface area contributed by atoms with E-state index in [9.17, 15) is 4.79 Å². The van der Waals surface area contributed by atoms with Crippen molar-refractivity contribution in [1.82, 2.24) is 0 Å². The molecule has 7 heteroatoms. The number of nitrogens with one attached hydrogen (secondary N) is 2. The number of hydrogen-bond donors (Lipinski definition) is 2. The molecule has 0 aliphatic carbocycles. The second-order valence-corrected chi connectivity index (χ2v) is 6.10. The third kappa shape index (κ3) is 3.56. The smallest absolute Gasteiger partial charge is 0.231 e. The maximum Gasteiger partial charge on any atom is 0.231 e. The number of hydrogen-bond acceptors (Lipinski definition) is 5. The van der Waals surface area contributed by atoms with Crippen LogP contribution in [0.15, 0.2) is 34.8 Å². The molecule has 1 heterocycles. The number of ether oxygens (including phenoxy) is 3. The molecule has 2 aromatic rings. The van der Waals surface area contributed by atoms with Gasteiger partial charge in [0.25, 0.3) is 0 Å². The molecule has 0 saturated heterocycles. The summed E-state index contributed by atoms with van der Waals surface area (Å²) in [5, 5.41) is 6.08. The number of benzene rings is 2. The first kappa shape index (κ1) is 16.4. The van der Waals surface area contributed by atoms with Crippen LogP contribution in [-0.2, 0) is 11.3 Å². The van der Waals surface area contributed by atoms with Gasteiger partial charge in [-0.1, -0.05) is 15.9 Å². The van der Waals surface area contributed by atoms with Crippen LogP contribution in [0.3, 0.4) is 0 Å². The Kier molecular flexibility index (Phi) is 4.80. The lowest BCUT2D eigenvalue weighted by atomic mass is 10.2. The van der Waals surface area contributed by atoms with Crippen molar-refractivity contribution in [3.63, 3.8) is 0 Å². The van der Waals surface area contributed by atoms with Gasteiger partial charge in [0.2, 0.25) is 12.7 Å². The Balaban J connectivity index is 1.79. The topological polar surface area (TPSA) is 68.8 Å². The number of carbonyl (C=O) groups is 1. The Bertz CT molecular complexity index is 779. The number of carbonyl (C=O) groups excluding carboxylic acids is 1. The van der Waals surface area contributed by atoms with Crippen molar-refractivity contribution >= 4 is 33.2 Å². The Morgan fingerprint density at radius 2 is 2.00 bits per heavy atom. The van der Waals surface area contributed by atoms with E-state index >= 15 is 0 Å². The number of fused-ring (bicyclic) bond motifs is 1. The predicted molar refractivity (Wildman–Crippen MR) is 94.9 cm³/mol. The first-order valence-electron chi connectivity index (χ1n) is 7.34. The Morgan fingerprint density at radius 1 is 1.25 bits per heavy atom. The molecule has 24 heavy (non-hydrogen) atoms. The number of halogens is 1. The Labute approximate surface area is 148 Å². The van der Waals surface area contributed by atoms with E-state index in [1.165, 1.54) is 6.92 Å². The molecule has 1 aliphatic heterocycles. The quantitative estimate of drug-likeness (QED) is 0.810. The van der Waals surface area contributed by atoms with Crippen LogP contribution < -0.4 is 24.8 Å². The lowest BCUT2D eigenvalue weighted by Crippen LogP contribution is -2.07. The van der Waals surface area contributed by atoms with E-state index < -0.39 is 0 Å². The van der Waals surface area contributed by atoms with Crippen molar-refractivity contribution in [2.75, 3.05) is 24.5 Å². The Morgan fingerprint density at radius 3 is 2.71 bits per heavy atom. The average Bonchev–Trinajstić information content (AvgIpc) is 2.99. The second-order valence-electron chi connectivity index (χ2n) is 5.25. The zero-order valence-corrected chi connectivity index (χ0v) is 14.9. The molecule has 0 atom stereocenters. The van der Waals surface area contributed by atoms with Crippen molar-refractivity contribution in [1.29, 1.82) is 0 Å². The largest absolute Gasteiger partial charge is 0.495 e. The highest BCUT2D eigenvalue weighted by atomic mass is 79.9. The van der Waals surface area contributed by atoms with E-state index in [4.69, 9.17) is 14.2 Å². The molecule has 1 aliphatic rings. The summed E-state index contributed by atoms with van der Waals surface area (Å²) >= 11 is 3.54. The highest BCUT2D eigenvalue weighted by molar-refractivity contribution is 9.10. The third-order valence-electron chi connectivity index (χ3n) is 3.53. The molecular weight excluding hydrogens is 376 g/mol. The molecule has 0 saturated carbocycles. The zero-order valence-electron chi connectivity index (χ0n) is 13.3. The standard InChI is InChI=1S/C17H17BrN2O4/c1-10(21)20-12-3-4-15(22-2)14(6-12)19-8-11-5-16-17(7-13(11)18)24-9-23-16/h3-7,19H,8-9H2,1-2H3,(H,20,21). The van der Waals surface area contributed by atoms with Crippen LogP contribution in [0.4, 0.5) is 11.4 Å². The number of methoxy groups -OCH3 is 1. The van der Waals surface area contributed by atoms with Gasteiger partial charge in [0, 0.05) is 23.6 Å². The van der Waals surface area contributed by atoms with Gasteiger partial charge in [0.05, 0.1) is 12.8 Å². The molecule has 2 aromatic carbocycles. The first-order chi connectivity index (χ1) is 11.6. The maximum atomic E-state index is 11.2. The zero-order chi connectivity index (χ0) is 17.1. The summed E-state index contributed by atoms with van der Waals surface area (Å²) in [6.45, 7) is 2.27. The highest BCUT2D eigenvalue weighted by Crippen LogP contribution is 2.37. The van der Waals surface area contributed by atoms with Crippen LogP contribution in [0, 0.1) is 0 Å². The van der Waals surface area contributed by atoms with Gasteiger partial charge in [-0.05, 0) is 35.9 Å². The summed E-state index contributed by atoms with van der Waals surface area (Å²) < 4.78 is 17.1. The van der Waals surface area contributed by atoms with Crippen LogP contribution in [0.5, 0.6) is 17.2 Å². The van der Waals surface area contributed by atoms with Gasteiger partial charge in [0.1, 0.15) is 5.75 Å². The monoisotopic (exact) mass is 392 g/mol. The average molecular weight is 393 g/mol. The highest BCUT2D eigenvalue weighted by Gasteiger charge is 2.16. The fourth-order valence-electron chi connectivity index (χ4n) is 2.41. The van der Waals surface area contributed by atoms with Crippen LogP contribution in [0.2, 0.25) is 0 Å². The van der Waals surface area contributed by atoms with Gasteiger partial charge in [-0.15, -0.1) is 0 Å². The van der Waals surface area contributed by atoms with E-state index in [0.717, 1.165) is 27.2 Å². The number of anilines is 2. The van der Waals surface area contributed by atoms with Crippen molar-refractivity contribution in [3.8, 4) is 17.2 Å². The third-order valence-corrected chi connectivity index (χ3v) is 4.27. The first-order valence-corrected chi connectivity index (χ1v) is 8.13. The van der Waals surface area contributed by atoms with E-state index in [1.807, 2.05) is 24.3 Å². The fourth-order valence-corrected chi connectivity index (χ4v) is 2.87. The van der Waals surface area contributed by atoms with Crippen LogP contribution >= 0.6 is 15.9 Å². The van der Waals surface area contributed by atoms with Gasteiger partial charge >= 0.3 is 0 Å². The molecule has 0 unspecified atom stereocenters. The summed E-state index contributed by atoms with van der Waals surface area (Å²) in [7, 11) is 1.61. The number of rotatable bonds is 5. The van der Waals surface area contributed by atoms with Gasteiger partial charge < -0.3 is 24.8 Å². The van der Waals surface area contributed by atoms with E-state index in [0.29, 0.717) is 18.0 Å². The second kappa shape index (κ2) is 7.00. The van der Waals surface area contributed by atoms with E-state index in [1.54, 1.807) is 13.2 Å². The van der Waals surface area contributed by atoms with Crippen LogP contribution in [0.25, 0.3) is 0 Å². The summed E-state index contributed by atoms with van der Waals surface area (Å²) in [5.74, 6) is 2.04. The minimum atomic E-state index is -0.121. The molecule has 0 radical (unpaired) electrons. The summed E-state index contributed by atoms with van der Waals surface area (Å²) in [6.07, 6.45) is 0. The molecule has 0 spiro atoms. The predicted octanol–water partition coefficient (Wildman–Crippen LogP) is 3.76. The maximum absolute atomic E-state index is 11.2. The fraction of sp³-hybridized carbons (Fsp3) is 0.235. The molecule has 126 valence electrons. The molecule has 6 nitrogen and oxygen atoms in total. The minimum absolute atomic E-state index is 0.121. The van der Waals surface area contributed by atoms with E-state index in [-0.39, 0.29) is 12.7 Å². The lowest BCUT2D eigenvalue weighted by molar-refractivity contribution is -0.114. The van der Waals surface area contributed by atoms with Crippen molar-refractivity contribution in [2.24, 2.45) is 0 Å². The SMILES string of the molecule is COc1ccc(NC(C)=O)cc1NCc1cc2c(cc1Br)OCO2. The van der Waals surface area contributed by atoms with Gasteiger partial charge in [-0.2, -0.15) is 0 Å². The summed E-state index contributed by atoms with van der Waals surface area (Å²) in [6, 6.07) is 9.26. The Hall–Kier alpha value is -2.41. The molecule has 3 rings (SSSR count). The van der Waals surface area contributed by atoms with Gasteiger partial charge in [-0.25, -0.2) is 0 Å². The van der Waals surface area contributed by atoms with Crippen molar-refractivity contribution < 1.29 is 19.0 Å². The van der Waals surface area contributed by atoms with Gasteiger partial charge in [0.15, 0.2) is 11.5 Å². The van der Waals surface area contributed by atoms with Gasteiger partial charge in [-0.3, -0.25) is 4.79 Å². The molecule has 0 aromatic heterocycles. The van der Waals surface area contributed by atoms with Crippen LogP contribution in [0.1, 0.15) is 12.5 Å². The molecule has 1 amide bonds. The normalized spacial score (nSPS) is 12.0. The summed E-state index contributed by atoms with van der Waals surface area (Å²) in [4.78, 5) is 11.2. The van der Waals surface area contributed by atoms with Crippen LogP contribution in [-0.4, -0.2) is 19.8 Å². The lowest BCUT2D eigenvalue weighted by Gasteiger charge is -2.14. The number of amides is 1. The molecular formula is C17H17BrN2O4. The van der Waals surface area contributed by atoms with E-state index in [2.05, 4.69) is 26.6 Å². The van der Waals surface area contributed by atoms with Crippen molar-refractivity contribution in [2.45, 2.75) is 13.5 Å². The molecule has 0 bridgehead atoms. The van der Waals surface area contributed by atoms with Crippen molar-refractivity contribution in [3.05, 3.63) is 40.4 Å². The summed E-state index contributed by atoms with van der Waals surface area (Å²) in [5.41, 5.74) is 2.51. The molecule has 2 N–H and O–H groups in total. The minimum Gasteiger partial charge on any atom is -0.495 e.